The van der Waals surface area contributed by atoms with Crippen molar-refractivity contribution >= 4 is 27.3 Å². The molecule has 0 unspecified atom stereocenters. The van der Waals surface area contributed by atoms with Crippen LogP contribution in [0.2, 0.25) is 5.02 Å². The van der Waals surface area contributed by atoms with Crippen LogP contribution in [0.15, 0.2) is 53.4 Å². The molecule has 1 N–H and O–H groups in total. The zero-order valence-electron chi connectivity index (χ0n) is 19.0. The number of rotatable bonds is 5. The highest BCUT2D eigenvalue weighted by molar-refractivity contribution is 7.92. The number of alkyl halides is 9. The second-order valence-electron chi connectivity index (χ2n) is 8.03. The van der Waals surface area contributed by atoms with Crippen molar-refractivity contribution in [3.63, 3.8) is 0 Å². The lowest BCUT2D eigenvalue weighted by atomic mass is 10.1. The highest BCUT2D eigenvalue weighted by Gasteiger charge is 2.39. The van der Waals surface area contributed by atoms with E-state index in [4.69, 9.17) is 16.3 Å². The zero-order valence-corrected chi connectivity index (χ0v) is 20.6. The molecule has 0 saturated carbocycles. The molecule has 38 heavy (non-hydrogen) atoms. The zero-order chi connectivity index (χ0) is 28.8. The summed E-state index contributed by atoms with van der Waals surface area (Å²) in [4.78, 5) is -1.49. The molecule has 15 heteroatoms. The second kappa shape index (κ2) is 9.88. The Kier molecular flexibility index (Phi) is 7.65. The average Bonchev–Trinajstić information content (AvgIpc) is 2.76. The number of sulfonamides is 1. The van der Waals surface area contributed by atoms with Crippen molar-refractivity contribution in [2.75, 3.05) is 4.72 Å². The van der Waals surface area contributed by atoms with Crippen LogP contribution in [0.5, 0.6) is 11.5 Å². The van der Waals surface area contributed by atoms with E-state index in [1.165, 1.54) is 12.1 Å². The summed E-state index contributed by atoms with van der Waals surface area (Å²) in [5.74, 6) is -0.506. The van der Waals surface area contributed by atoms with Gasteiger partial charge in [0.15, 0.2) is 5.75 Å². The summed E-state index contributed by atoms with van der Waals surface area (Å²) in [5.41, 5.74) is -5.12. The van der Waals surface area contributed by atoms with Crippen LogP contribution in [0.25, 0.3) is 0 Å². The van der Waals surface area contributed by atoms with E-state index in [0.717, 1.165) is 6.07 Å². The molecule has 3 aromatic rings. The summed E-state index contributed by atoms with van der Waals surface area (Å²) in [6, 6.07) is 3.92. The summed E-state index contributed by atoms with van der Waals surface area (Å²) >= 11 is 6.07. The van der Waals surface area contributed by atoms with Gasteiger partial charge in [-0.2, -0.15) is 39.5 Å². The van der Waals surface area contributed by atoms with Gasteiger partial charge in [0, 0.05) is 5.02 Å². The van der Waals surface area contributed by atoms with E-state index in [-0.39, 0.29) is 23.9 Å². The highest BCUT2D eigenvalue weighted by Crippen LogP contribution is 2.41. The van der Waals surface area contributed by atoms with Gasteiger partial charge < -0.3 is 4.74 Å². The van der Waals surface area contributed by atoms with E-state index < -0.39 is 61.6 Å². The van der Waals surface area contributed by atoms with Crippen LogP contribution in [0.1, 0.15) is 27.8 Å². The van der Waals surface area contributed by atoms with Gasteiger partial charge in [0.05, 0.1) is 27.3 Å². The molecule has 0 fully saturated rings. The predicted octanol–water partition coefficient (Wildman–Crippen LogP) is 8.61. The average molecular weight is 592 g/mol. The monoisotopic (exact) mass is 591 g/mol. The smallest absolute Gasteiger partial charge is 0.416 e. The molecule has 0 heterocycles. The van der Waals surface area contributed by atoms with Crippen molar-refractivity contribution < 1.29 is 52.7 Å². The Hall–Kier alpha value is -3.13. The van der Waals surface area contributed by atoms with Crippen LogP contribution in [-0.2, 0) is 28.6 Å². The number of halogens is 10. The Bertz CT molecular complexity index is 1430. The van der Waals surface area contributed by atoms with Crippen LogP contribution in [0, 0.1) is 13.8 Å². The lowest BCUT2D eigenvalue weighted by Crippen LogP contribution is -2.18. The van der Waals surface area contributed by atoms with Crippen molar-refractivity contribution in [1.82, 2.24) is 0 Å². The minimum Gasteiger partial charge on any atom is -0.455 e. The molecule has 3 rings (SSSR count). The van der Waals surface area contributed by atoms with Gasteiger partial charge in [-0.1, -0.05) is 11.6 Å². The summed E-state index contributed by atoms with van der Waals surface area (Å²) in [6.07, 6.45) is -15.7. The summed E-state index contributed by atoms with van der Waals surface area (Å²) in [6.45, 7) is 3.18. The van der Waals surface area contributed by atoms with E-state index in [0.29, 0.717) is 28.3 Å². The molecule has 0 atom stereocenters. The Balaban J connectivity index is 2.15. The fourth-order valence-corrected chi connectivity index (χ4v) is 4.49. The molecule has 0 saturated heterocycles. The second-order valence-corrected chi connectivity index (χ2v) is 10.1. The fraction of sp³-hybridized carbons (Fsp3) is 0.217. The minimum atomic E-state index is -5.36. The molecular weight excluding hydrogens is 577 g/mol. The Morgan fingerprint density at radius 2 is 1.18 bits per heavy atom. The summed E-state index contributed by atoms with van der Waals surface area (Å²) in [5, 5.41) is 0.357. The third-order valence-electron chi connectivity index (χ3n) is 5.06. The van der Waals surface area contributed by atoms with Gasteiger partial charge in [0.25, 0.3) is 10.0 Å². The first-order chi connectivity index (χ1) is 17.2. The van der Waals surface area contributed by atoms with Crippen LogP contribution >= 0.6 is 11.6 Å². The van der Waals surface area contributed by atoms with Gasteiger partial charge in [-0.05, 0) is 73.5 Å². The molecule has 0 aliphatic rings. The van der Waals surface area contributed by atoms with Crippen molar-refractivity contribution in [2.24, 2.45) is 0 Å². The first-order valence-electron chi connectivity index (χ1n) is 10.2. The van der Waals surface area contributed by atoms with Gasteiger partial charge in [-0.25, -0.2) is 8.42 Å². The van der Waals surface area contributed by atoms with Crippen molar-refractivity contribution in [2.45, 2.75) is 37.3 Å². The van der Waals surface area contributed by atoms with Gasteiger partial charge in [0.1, 0.15) is 5.75 Å². The molecule has 0 spiro atoms. The quantitative estimate of drug-likeness (QED) is 0.302. The van der Waals surface area contributed by atoms with E-state index >= 15 is 0 Å². The summed E-state index contributed by atoms with van der Waals surface area (Å²) in [7, 11) is -5.30. The first-order valence-corrected chi connectivity index (χ1v) is 12.0. The Morgan fingerprint density at radius 1 is 0.711 bits per heavy atom. The molecule has 0 aliphatic heterocycles. The number of hydrogen-bond acceptors (Lipinski definition) is 3. The van der Waals surface area contributed by atoms with E-state index in [9.17, 15) is 47.9 Å². The third kappa shape index (κ3) is 6.65. The van der Waals surface area contributed by atoms with Gasteiger partial charge in [0.2, 0.25) is 0 Å². The maximum absolute atomic E-state index is 13.3. The predicted molar refractivity (Wildman–Crippen MR) is 120 cm³/mol. The molecule has 206 valence electrons. The number of nitrogens with one attached hydrogen (secondary N) is 1. The molecule has 0 aliphatic carbocycles. The standard InChI is InChI=1S/C23H15ClF9NO3S/c1-11-5-16(6-12(2)20(11)24)37-19-4-3-13(21(25,26)27)10-18(19)34-38(35,36)17-8-14(22(28,29)30)7-15(9-17)23(31,32)33/h3-10,34H,1-2H3. The van der Waals surface area contributed by atoms with Crippen molar-refractivity contribution in [3.8, 4) is 11.5 Å². The van der Waals surface area contributed by atoms with Crippen LogP contribution < -0.4 is 9.46 Å². The lowest BCUT2D eigenvalue weighted by Gasteiger charge is -2.18. The number of aryl methyl sites for hydroxylation is 2. The first kappa shape index (κ1) is 29.4. The normalized spacial score (nSPS) is 12.9. The maximum atomic E-state index is 13.3. The van der Waals surface area contributed by atoms with Gasteiger partial charge in [-0.15, -0.1) is 0 Å². The van der Waals surface area contributed by atoms with E-state index in [1.807, 2.05) is 0 Å². The number of hydrogen-bond donors (Lipinski definition) is 1. The number of benzene rings is 3. The SMILES string of the molecule is Cc1cc(Oc2ccc(C(F)(F)F)cc2NS(=O)(=O)c2cc(C(F)(F)F)cc(C(F)(F)F)c2)cc(C)c1Cl. The lowest BCUT2D eigenvalue weighted by molar-refractivity contribution is -0.143. The summed E-state index contributed by atoms with van der Waals surface area (Å²) < 4.78 is 152. The van der Waals surface area contributed by atoms with E-state index in [2.05, 4.69) is 0 Å². The van der Waals surface area contributed by atoms with Crippen molar-refractivity contribution in [3.05, 3.63) is 81.4 Å². The molecule has 0 aromatic heterocycles. The molecule has 4 nitrogen and oxygen atoms in total. The molecule has 0 amide bonds. The molecule has 0 bridgehead atoms. The van der Waals surface area contributed by atoms with Crippen LogP contribution in [0.4, 0.5) is 45.2 Å². The number of ether oxygens (including phenoxy) is 1. The maximum Gasteiger partial charge on any atom is 0.416 e. The topological polar surface area (TPSA) is 55.4 Å². The Morgan fingerprint density at radius 3 is 1.63 bits per heavy atom. The molecular formula is C23H15ClF9NO3S. The van der Waals surface area contributed by atoms with Crippen LogP contribution in [-0.4, -0.2) is 8.42 Å². The largest absolute Gasteiger partial charge is 0.455 e. The Labute approximate surface area is 215 Å². The molecule has 0 radical (unpaired) electrons. The van der Waals surface area contributed by atoms with Gasteiger partial charge >= 0.3 is 18.5 Å². The highest BCUT2D eigenvalue weighted by atomic mass is 35.5. The third-order valence-corrected chi connectivity index (χ3v) is 7.00. The van der Waals surface area contributed by atoms with Crippen molar-refractivity contribution in [1.29, 1.82) is 0 Å². The molecule has 3 aromatic carbocycles. The minimum absolute atomic E-state index is 0.0167. The fourth-order valence-electron chi connectivity index (χ4n) is 3.25. The van der Waals surface area contributed by atoms with E-state index in [1.54, 1.807) is 18.6 Å². The van der Waals surface area contributed by atoms with Gasteiger partial charge in [-0.3, -0.25) is 4.72 Å². The number of anilines is 1. The van der Waals surface area contributed by atoms with Crippen LogP contribution in [0.3, 0.4) is 0 Å².